The number of nitrogens with two attached hydrogens (primary N) is 1. The number of nitrogens with zero attached hydrogens (tertiary/aromatic N) is 2. The molecule has 1 aromatic heterocycles. The zero-order chi connectivity index (χ0) is 13.1. The third-order valence-corrected chi connectivity index (χ3v) is 2.61. The van der Waals surface area contributed by atoms with E-state index in [0.717, 1.165) is 5.56 Å². The highest BCUT2D eigenvalue weighted by Crippen LogP contribution is 2.23. The minimum absolute atomic E-state index is 0.195. The second-order valence-corrected chi connectivity index (χ2v) is 4.30. The van der Waals surface area contributed by atoms with Crippen LogP contribution in [0, 0.1) is 5.82 Å². The quantitative estimate of drug-likeness (QED) is 0.902. The highest BCUT2D eigenvalue weighted by Gasteiger charge is 2.19. The number of ether oxygens (including phenoxy) is 1. The Balaban J connectivity index is 2.19. The second kappa shape index (κ2) is 5.18. The molecule has 96 valence electrons. The van der Waals surface area contributed by atoms with Gasteiger partial charge in [0.25, 0.3) is 0 Å². The molecule has 5 heteroatoms. The molecule has 0 amide bonds. The van der Waals surface area contributed by atoms with Crippen LogP contribution in [0.2, 0.25) is 0 Å². The number of aromatic nitrogens is 2. The molecule has 2 unspecified atom stereocenters. The largest absolute Gasteiger partial charge is 0.484 e. The maximum Gasteiger partial charge on any atom is 0.141 e. The predicted octanol–water partition coefficient (Wildman–Crippen LogP) is 2.03. The summed E-state index contributed by atoms with van der Waals surface area (Å²) in [7, 11) is 1.83. The first kappa shape index (κ1) is 12.6. The van der Waals surface area contributed by atoms with E-state index in [1.807, 2.05) is 20.2 Å². The standard InChI is InChI=1S/C13H16FN3O/c1-9(15)13(10-7-16-17(2)8-10)18-12-5-3-11(14)4-6-12/h3-9,13H,15H2,1-2H3. The van der Waals surface area contributed by atoms with Gasteiger partial charge in [0.15, 0.2) is 0 Å². The Morgan fingerprint density at radius 2 is 2.00 bits per heavy atom. The molecule has 1 aromatic carbocycles. The fourth-order valence-electron chi connectivity index (χ4n) is 1.73. The Bertz CT molecular complexity index is 507. The van der Waals surface area contributed by atoms with E-state index >= 15 is 0 Å². The van der Waals surface area contributed by atoms with Crippen molar-refractivity contribution in [3.8, 4) is 5.75 Å². The van der Waals surface area contributed by atoms with E-state index in [-0.39, 0.29) is 18.0 Å². The van der Waals surface area contributed by atoms with E-state index in [4.69, 9.17) is 10.5 Å². The Labute approximate surface area is 105 Å². The molecule has 2 N–H and O–H groups in total. The van der Waals surface area contributed by atoms with Gasteiger partial charge in [-0.15, -0.1) is 0 Å². The SMILES string of the molecule is CC(N)C(Oc1ccc(F)cc1)c1cnn(C)c1. The van der Waals surface area contributed by atoms with Gasteiger partial charge in [-0.05, 0) is 31.2 Å². The summed E-state index contributed by atoms with van der Waals surface area (Å²) in [5.41, 5.74) is 6.82. The first-order valence-electron chi connectivity index (χ1n) is 5.72. The van der Waals surface area contributed by atoms with Crippen molar-refractivity contribution in [3.05, 3.63) is 48.0 Å². The van der Waals surface area contributed by atoms with Crippen molar-refractivity contribution >= 4 is 0 Å². The number of benzene rings is 1. The van der Waals surface area contributed by atoms with Crippen LogP contribution in [0.5, 0.6) is 5.75 Å². The summed E-state index contributed by atoms with van der Waals surface area (Å²) in [5, 5.41) is 4.10. The third kappa shape index (κ3) is 2.87. The Kier molecular flexibility index (Phi) is 3.62. The van der Waals surface area contributed by atoms with Gasteiger partial charge in [0, 0.05) is 24.8 Å². The van der Waals surface area contributed by atoms with Gasteiger partial charge in [0.1, 0.15) is 17.7 Å². The van der Waals surface area contributed by atoms with Crippen LogP contribution in [0.15, 0.2) is 36.7 Å². The summed E-state index contributed by atoms with van der Waals surface area (Å²) in [5.74, 6) is 0.295. The van der Waals surface area contributed by atoms with Gasteiger partial charge in [0.2, 0.25) is 0 Å². The number of halogens is 1. The van der Waals surface area contributed by atoms with Crippen molar-refractivity contribution in [3.63, 3.8) is 0 Å². The number of hydrogen-bond acceptors (Lipinski definition) is 3. The molecule has 0 fully saturated rings. The van der Waals surface area contributed by atoms with E-state index in [1.165, 1.54) is 12.1 Å². The minimum atomic E-state index is -0.302. The van der Waals surface area contributed by atoms with E-state index in [9.17, 15) is 4.39 Å². The lowest BCUT2D eigenvalue weighted by molar-refractivity contribution is 0.180. The maximum atomic E-state index is 12.8. The van der Waals surface area contributed by atoms with Crippen LogP contribution >= 0.6 is 0 Å². The average molecular weight is 249 g/mol. The van der Waals surface area contributed by atoms with Gasteiger partial charge >= 0.3 is 0 Å². The normalized spacial score (nSPS) is 14.2. The molecular formula is C13H16FN3O. The summed E-state index contributed by atoms with van der Waals surface area (Å²) in [6, 6.07) is 5.69. The van der Waals surface area contributed by atoms with Crippen LogP contribution in [-0.4, -0.2) is 15.8 Å². The van der Waals surface area contributed by atoms with E-state index < -0.39 is 0 Å². The molecule has 4 nitrogen and oxygen atoms in total. The van der Waals surface area contributed by atoms with Gasteiger partial charge in [-0.2, -0.15) is 5.10 Å². The third-order valence-electron chi connectivity index (χ3n) is 2.61. The van der Waals surface area contributed by atoms with Gasteiger partial charge < -0.3 is 10.5 Å². The lowest BCUT2D eigenvalue weighted by Gasteiger charge is -2.21. The number of aryl methyl sites for hydroxylation is 1. The molecule has 0 radical (unpaired) electrons. The molecule has 2 atom stereocenters. The summed E-state index contributed by atoms with van der Waals surface area (Å²) in [4.78, 5) is 0. The highest BCUT2D eigenvalue weighted by atomic mass is 19.1. The molecule has 18 heavy (non-hydrogen) atoms. The van der Waals surface area contributed by atoms with Crippen molar-refractivity contribution in [2.75, 3.05) is 0 Å². The predicted molar refractivity (Wildman–Crippen MR) is 66.6 cm³/mol. The van der Waals surface area contributed by atoms with Crippen molar-refractivity contribution in [1.29, 1.82) is 0 Å². The molecule has 0 spiro atoms. The Morgan fingerprint density at radius 3 is 2.50 bits per heavy atom. The fraction of sp³-hybridized carbons (Fsp3) is 0.308. The molecule has 0 aliphatic carbocycles. The molecule has 2 aromatic rings. The summed E-state index contributed by atoms with van der Waals surface area (Å²) >= 11 is 0. The van der Waals surface area contributed by atoms with Crippen LogP contribution < -0.4 is 10.5 Å². The van der Waals surface area contributed by atoms with Gasteiger partial charge in [-0.1, -0.05) is 0 Å². The topological polar surface area (TPSA) is 53.1 Å². The van der Waals surface area contributed by atoms with Crippen LogP contribution in [-0.2, 0) is 7.05 Å². The monoisotopic (exact) mass is 249 g/mol. The van der Waals surface area contributed by atoms with Crippen molar-refractivity contribution in [2.24, 2.45) is 12.8 Å². The first-order valence-corrected chi connectivity index (χ1v) is 5.72. The number of rotatable bonds is 4. The van der Waals surface area contributed by atoms with Gasteiger partial charge in [0.05, 0.1) is 6.20 Å². The molecule has 0 bridgehead atoms. The Hall–Kier alpha value is -1.88. The van der Waals surface area contributed by atoms with Gasteiger partial charge in [-0.3, -0.25) is 4.68 Å². The van der Waals surface area contributed by atoms with Crippen molar-refractivity contribution in [2.45, 2.75) is 19.1 Å². The average Bonchev–Trinajstić information content (AvgIpc) is 2.74. The van der Waals surface area contributed by atoms with Crippen LogP contribution in [0.25, 0.3) is 0 Å². The summed E-state index contributed by atoms with van der Waals surface area (Å²) in [6.07, 6.45) is 3.28. The number of hydrogen-bond donors (Lipinski definition) is 1. The van der Waals surface area contributed by atoms with Crippen LogP contribution in [0.4, 0.5) is 4.39 Å². The zero-order valence-electron chi connectivity index (χ0n) is 10.4. The van der Waals surface area contributed by atoms with Crippen LogP contribution in [0.1, 0.15) is 18.6 Å². The lowest BCUT2D eigenvalue weighted by Crippen LogP contribution is -2.28. The molecule has 0 aliphatic heterocycles. The molecule has 0 saturated carbocycles. The van der Waals surface area contributed by atoms with E-state index in [0.29, 0.717) is 5.75 Å². The Morgan fingerprint density at radius 1 is 1.33 bits per heavy atom. The zero-order valence-corrected chi connectivity index (χ0v) is 10.4. The second-order valence-electron chi connectivity index (χ2n) is 4.30. The highest BCUT2D eigenvalue weighted by molar-refractivity contribution is 5.24. The summed E-state index contributed by atoms with van der Waals surface area (Å²) in [6.45, 7) is 1.86. The summed E-state index contributed by atoms with van der Waals surface area (Å²) < 4.78 is 20.3. The molecule has 1 heterocycles. The van der Waals surface area contributed by atoms with E-state index in [1.54, 1.807) is 23.0 Å². The van der Waals surface area contributed by atoms with Crippen LogP contribution in [0.3, 0.4) is 0 Å². The lowest BCUT2D eigenvalue weighted by atomic mass is 10.1. The first-order chi connectivity index (χ1) is 8.56. The van der Waals surface area contributed by atoms with Crippen molar-refractivity contribution < 1.29 is 9.13 Å². The smallest absolute Gasteiger partial charge is 0.141 e. The van der Waals surface area contributed by atoms with Crippen molar-refractivity contribution in [1.82, 2.24) is 9.78 Å². The molecule has 0 aliphatic rings. The minimum Gasteiger partial charge on any atom is -0.484 e. The van der Waals surface area contributed by atoms with E-state index in [2.05, 4.69) is 5.10 Å². The molecular weight excluding hydrogens is 233 g/mol. The van der Waals surface area contributed by atoms with Gasteiger partial charge in [-0.25, -0.2) is 4.39 Å². The fourth-order valence-corrected chi connectivity index (χ4v) is 1.73. The molecule has 2 rings (SSSR count). The molecule has 0 saturated heterocycles. The maximum absolute atomic E-state index is 12.8.